The second kappa shape index (κ2) is 8.39. The van der Waals surface area contributed by atoms with Crippen molar-refractivity contribution in [1.82, 2.24) is 9.55 Å². The lowest BCUT2D eigenvalue weighted by Crippen LogP contribution is -2.21. The quantitative estimate of drug-likeness (QED) is 0.364. The van der Waals surface area contributed by atoms with Crippen molar-refractivity contribution in [3.8, 4) is 16.9 Å². The molecule has 0 aliphatic heterocycles. The number of aromatic nitrogens is 2. The Morgan fingerprint density at radius 1 is 1.10 bits per heavy atom. The molecule has 0 fully saturated rings. The summed E-state index contributed by atoms with van der Waals surface area (Å²) in [7, 11) is 0. The Morgan fingerprint density at radius 3 is 2.66 bits per heavy atom. The third kappa shape index (κ3) is 4.21. The molecule has 4 aromatic rings. The van der Waals surface area contributed by atoms with E-state index < -0.39 is 0 Å². The Hall–Kier alpha value is -2.63. The van der Waals surface area contributed by atoms with Gasteiger partial charge in [0, 0.05) is 22.5 Å². The Bertz CT molecular complexity index is 1210. The van der Waals surface area contributed by atoms with Gasteiger partial charge in [0.05, 0.1) is 18.3 Å². The van der Waals surface area contributed by atoms with Crippen molar-refractivity contribution in [1.29, 1.82) is 0 Å². The highest BCUT2D eigenvalue weighted by Crippen LogP contribution is 2.33. The zero-order chi connectivity index (χ0) is 20.4. The summed E-state index contributed by atoms with van der Waals surface area (Å²) in [6.07, 6.45) is 2.34. The highest BCUT2D eigenvalue weighted by molar-refractivity contribution is 7.17. The molecule has 29 heavy (non-hydrogen) atoms. The Kier molecular flexibility index (Phi) is 5.69. The predicted molar refractivity (Wildman–Crippen MR) is 120 cm³/mol. The summed E-state index contributed by atoms with van der Waals surface area (Å²) >= 11 is 7.39. The van der Waals surface area contributed by atoms with Gasteiger partial charge in [-0.15, -0.1) is 11.3 Å². The molecule has 4 nitrogen and oxygen atoms in total. The Balaban J connectivity index is 1.54. The van der Waals surface area contributed by atoms with E-state index in [2.05, 4.69) is 37.0 Å². The molecule has 0 saturated heterocycles. The minimum absolute atomic E-state index is 0.00211. The van der Waals surface area contributed by atoms with E-state index in [1.165, 1.54) is 16.9 Å². The molecule has 4 rings (SSSR count). The lowest BCUT2D eigenvalue weighted by atomic mass is 9.99. The van der Waals surface area contributed by atoms with Crippen LogP contribution in [-0.2, 0) is 6.54 Å². The van der Waals surface area contributed by atoms with E-state index in [9.17, 15) is 4.79 Å². The molecule has 0 spiro atoms. The van der Waals surface area contributed by atoms with Gasteiger partial charge in [0.15, 0.2) is 0 Å². The van der Waals surface area contributed by atoms with E-state index in [4.69, 9.17) is 16.3 Å². The van der Waals surface area contributed by atoms with Gasteiger partial charge in [0.25, 0.3) is 5.56 Å². The predicted octanol–water partition coefficient (Wildman–Crippen LogP) is 5.86. The summed E-state index contributed by atoms with van der Waals surface area (Å²) < 4.78 is 7.40. The molecule has 0 bridgehead atoms. The van der Waals surface area contributed by atoms with Gasteiger partial charge in [-0.1, -0.05) is 35.4 Å². The number of aryl methyl sites for hydroxylation is 3. The van der Waals surface area contributed by atoms with Crippen LogP contribution in [0.15, 0.2) is 59.0 Å². The van der Waals surface area contributed by atoms with Crippen LogP contribution in [0, 0.1) is 13.8 Å². The standard InChI is InChI=1S/C23H21ClN2O2S/c1-15-4-9-19(16(2)12-15)20-13-29-22-21(20)23(27)26(14-25-22)10-3-11-28-18-7-5-17(24)6-8-18/h4-9,12-14H,3,10-11H2,1-2H3. The van der Waals surface area contributed by atoms with Gasteiger partial charge in [-0.05, 0) is 55.7 Å². The molecule has 6 heteroatoms. The van der Waals surface area contributed by atoms with E-state index in [0.717, 1.165) is 27.3 Å². The van der Waals surface area contributed by atoms with Crippen LogP contribution in [0.3, 0.4) is 0 Å². The number of thiophene rings is 1. The molecular weight excluding hydrogens is 404 g/mol. The van der Waals surface area contributed by atoms with Crippen LogP contribution in [0.4, 0.5) is 0 Å². The van der Waals surface area contributed by atoms with Gasteiger partial charge in [-0.3, -0.25) is 9.36 Å². The van der Waals surface area contributed by atoms with E-state index >= 15 is 0 Å². The van der Waals surface area contributed by atoms with Crippen LogP contribution in [-0.4, -0.2) is 16.2 Å². The fourth-order valence-electron chi connectivity index (χ4n) is 3.40. The van der Waals surface area contributed by atoms with Gasteiger partial charge in [0.1, 0.15) is 10.6 Å². The third-order valence-corrected chi connectivity index (χ3v) is 6.00. The van der Waals surface area contributed by atoms with Crippen molar-refractivity contribution in [2.24, 2.45) is 0 Å². The summed E-state index contributed by atoms with van der Waals surface area (Å²) in [6.45, 7) is 5.22. The van der Waals surface area contributed by atoms with Crippen molar-refractivity contribution >= 4 is 33.2 Å². The topological polar surface area (TPSA) is 44.1 Å². The number of rotatable bonds is 6. The number of fused-ring (bicyclic) bond motifs is 1. The van der Waals surface area contributed by atoms with Crippen LogP contribution >= 0.6 is 22.9 Å². The molecule has 0 aliphatic rings. The number of benzene rings is 2. The van der Waals surface area contributed by atoms with Crippen LogP contribution in [0.2, 0.25) is 5.02 Å². The lowest BCUT2D eigenvalue weighted by Gasteiger charge is -2.09. The highest BCUT2D eigenvalue weighted by atomic mass is 35.5. The van der Waals surface area contributed by atoms with Crippen molar-refractivity contribution in [2.45, 2.75) is 26.8 Å². The van der Waals surface area contributed by atoms with E-state index in [1.807, 2.05) is 17.5 Å². The first-order valence-corrected chi connectivity index (χ1v) is 10.7. The smallest absolute Gasteiger partial charge is 0.262 e. The Labute approximate surface area is 178 Å². The normalized spacial score (nSPS) is 11.1. The second-order valence-corrected chi connectivity index (χ2v) is 8.34. The first-order valence-electron chi connectivity index (χ1n) is 9.45. The summed E-state index contributed by atoms with van der Waals surface area (Å²) in [5.41, 5.74) is 4.42. The maximum absolute atomic E-state index is 13.1. The first kappa shape index (κ1) is 19.7. The van der Waals surface area contributed by atoms with Gasteiger partial charge in [-0.25, -0.2) is 4.98 Å². The van der Waals surface area contributed by atoms with Crippen LogP contribution in [0.5, 0.6) is 5.75 Å². The fraction of sp³-hybridized carbons (Fsp3) is 0.217. The van der Waals surface area contributed by atoms with Gasteiger partial charge in [-0.2, -0.15) is 0 Å². The van der Waals surface area contributed by atoms with Crippen LogP contribution in [0.1, 0.15) is 17.5 Å². The largest absolute Gasteiger partial charge is 0.494 e. The number of hydrogen-bond acceptors (Lipinski definition) is 4. The Morgan fingerprint density at radius 2 is 1.90 bits per heavy atom. The monoisotopic (exact) mass is 424 g/mol. The van der Waals surface area contributed by atoms with Gasteiger partial charge < -0.3 is 4.74 Å². The minimum atomic E-state index is -0.00211. The van der Waals surface area contributed by atoms with Gasteiger partial charge in [0.2, 0.25) is 0 Å². The van der Waals surface area contributed by atoms with Crippen molar-refractivity contribution in [3.63, 3.8) is 0 Å². The number of hydrogen-bond donors (Lipinski definition) is 0. The maximum Gasteiger partial charge on any atom is 0.262 e. The number of halogens is 1. The van der Waals surface area contributed by atoms with Crippen molar-refractivity contribution < 1.29 is 4.74 Å². The van der Waals surface area contributed by atoms with Crippen molar-refractivity contribution in [2.75, 3.05) is 6.61 Å². The molecule has 0 N–H and O–H groups in total. The van der Waals surface area contributed by atoms with Crippen LogP contribution < -0.4 is 10.3 Å². The molecule has 2 heterocycles. The minimum Gasteiger partial charge on any atom is -0.494 e. The van der Waals surface area contributed by atoms with E-state index in [-0.39, 0.29) is 5.56 Å². The number of nitrogens with zero attached hydrogens (tertiary/aromatic N) is 2. The zero-order valence-corrected chi connectivity index (χ0v) is 17.9. The first-order chi connectivity index (χ1) is 14.0. The molecule has 0 unspecified atom stereocenters. The van der Waals surface area contributed by atoms with Crippen LogP contribution in [0.25, 0.3) is 21.3 Å². The summed E-state index contributed by atoms with van der Waals surface area (Å²) in [5, 5.41) is 3.41. The molecular formula is C23H21ClN2O2S. The number of ether oxygens (including phenoxy) is 1. The molecule has 2 aromatic carbocycles. The average molecular weight is 425 g/mol. The SMILES string of the molecule is Cc1ccc(-c2csc3ncn(CCCOc4ccc(Cl)cc4)c(=O)c23)c(C)c1. The van der Waals surface area contributed by atoms with Crippen molar-refractivity contribution in [3.05, 3.63) is 80.7 Å². The van der Waals surface area contributed by atoms with Gasteiger partial charge >= 0.3 is 0 Å². The molecule has 0 atom stereocenters. The van der Waals surface area contributed by atoms with E-state index in [1.54, 1.807) is 23.0 Å². The molecule has 0 amide bonds. The highest BCUT2D eigenvalue weighted by Gasteiger charge is 2.14. The lowest BCUT2D eigenvalue weighted by molar-refractivity contribution is 0.301. The third-order valence-electron chi connectivity index (χ3n) is 4.86. The molecule has 0 radical (unpaired) electrons. The average Bonchev–Trinajstić information content (AvgIpc) is 3.13. The molecule has 0 saturated carbocycles. The summed E-state index contributed by atoms with van der Waals surface area (Å²) in [5.74, 6) is 0.769. The fourth-order valence-corrected chi connectivity index (χ4v) is 4.42. The van der Waals surface area contributed by atoms with E-state index in [0.29, 0.717) is 30.0 Å². The maximum atomic E-state index is 13.1. The molecule has 148 valence electrons. The zero-order valence-electron chi connectivity index (χ0n) is 16.3. The second-order valence-electron chi connectivity index (χ2n) is 7.05. The summed E-state index contributed by atoms with van der Waals surface area (Å²) in [6, 6.07) is 13.6. The molecule has 0 aliphatic carbocycles. The summed E-state index contributed by atoms with van der Waals surface area (Å²) in [4.78, 5) is 18.4. The molecule has 2 aromatic heterocycles.